The molecule has 0 radical (unpaired) electrons. The monoisotopic (exact) mass is 575 g/mol. The highest BCUT2D eigenvalue weighted by atomic mass is 19.1. The van der Waals surface area contributed by atoms with Crippen LogP contribution in [0, 0.1) is 18.6 Å². The molecule has 5 rings (SSSR count). The normalized spacial score (nSPS) is 13.2. The molecule has 1 fully saturated rings. The minimum atomic E-state index is -0.747. The summed E-state index contributed by atoms with van der Waals surface area (Å²) in [6.45, 7) is 3.03. The molecule has 1 saturated heterocycles. The molecule has 4 aromatic rings. The Morgan fingerprint density at radius 2 is 1.29 bits per heavy atom. The molecule has 0 spiro atoms. The number of hydrogen-bond acceptors (Lipinski definition) is 5. The molecule has 2 heterocycles. The van der Waals surface area contributed by atoms with E-state index in [9.17, 15) is 14.0 Å². The summed E-state index contributed by atoms with van der Waals surface area (Å²) in [5.41, 5.74) is 2.74. The summed E-state index contributed by atoms with van der Waals surface area (Å²) in [5, 5.41) is 0. The van der Waals surface area contributed by atoms with Gasteiger partial charge in [-0.1, -0.05) is 0 Å². The molecule has 1 aliphatic heterocycles. The molecule has 10 heteroatoms. The fraction of sp³-hybridized carbons (Fsp3) is 0.250. The molecule has 2 amide bonds. The van der Waals surface area contributed by atoms with Crippen molar-refractivity contribution in [2.75, 3.05) is 47.5 Å². The summed E-state index contributed by atoms with van der Waals surface area (Å²) in [6.07, 6.45) is 0. The number of methoxy groups -OCH3 is 3. The lowest BCUT2D eigenvalue weighted by Crippen LogP contribution is -2.50. The maximum Gasteiger partial charge on any atom is 0.257 e. The largest absolute Gasteiger partial charge is 0.497 e. The van der Waals surface area contributed by atoms with Crippen molar-refractivity contribution < 1.29 is 32.6 Å². The van der Waals surface area contributed by atoms with E-state index in [-0.39, 0.29) is 17.5 Å². The molecule has 0 atom stereocenters. The van der Waals surface area contributed by atoms with Crippen molar-refractivity contribution in [3.05, 3.63) is 95.2 Å². The predicted molar refractivity (Wildman–Crippen MR) is 154 cm³/mol. The Morgan fingerprint density at radius 1 is 0.690 bits per heavy atom. The lowest BCUT2D eigenvalue weighted by Gasteiger charge is -2.35. The number of carbonyl (C=O) groups excluding carboxylic acids is 2. The van der Waals surface area contributed by atoms with E-state index in [1.54, 1.807) is 71.9 Å². The first-order chi connectivity index (χ1) is 20.2. The average Bonchev–Trinajstić information content (AvgIpc) is 3.36. The average molecular weight is 576 g/mol. The molecule has 0 bridgehead atoms. The Labute approximate surface area is 242 Å². The van der Waals surface area contributed by atoms with Crippen molar-refractivity contribution in [2.24, 2.45) is 0 Å². The van der Waals surface area contributed by atoms with Gasteiger partial charge in [0, 0.05) is 44.0 Å². The van der Waals surface area contributed by atoms with Crippen LogP contribution in [-0.4, -0.2) is 73.7 Å². The van der Waals surface area contributed by atoms with Gasteiger partial charge in [0.05, 0.1) is 43.8 Å². The molecule has 0 unspecified atom stereocenters. The molecule has 1 aliphatic rings. The zero-order chi connectivity index (χ0) is 30.0. The first kappa shape index (κ1) is 28.7. The first-order valence-corrected chi connectivity index (χ1v) is 13.4. The van der Waals surface area contributed by atoms with Crippen molar-refractivity contribution in [3.8, 4) is 34.2 Å². The Morgan fingerprint density at radius 3 is 1.86 bits per heavy atom. The van der Waals surface area contributed by atoms with Gasteiger partial charge in [-0.25, -0.2) is 8.78 Å². The minimum absolute atomic E-state index is 0.127. The smallest absolute Gasteiger partial charge is 0.257 e. The van der Waals surface area contributed by atoms with E-state index in [1.165, 1.54) is 19.2 Å². The fourth-order valence-corrected chi connectivity index (χ4v) is 5.20. The maximum atomic E-state index is 15.0. The van der Waals surface area contributed by atoms with E-state index in [0.717, 1.165) is 11.6 Å². The zero-order valence-corrected chi connectivity index (χ0v) is 23.8. The van der Waals surface area contributed by atoms with Gasteiger partial charge in [-0.15, -0.1) is 0 Å². The van der Waals surface area contributed by atoms with Crippen molar-refractivity contribution in [2.45, 2.75) is 6.92 Å². The van der Waals surface area contributed by atoms with Crippen LogP contribution in [0.1, 0.15) is 26.4 Å². The number of rotatable bonds is 7. The molecule has 42 heavy (non-hydrogen) atoms. The number of nitrogens with zero attached hydrogens (tertiary/aromatic N) is 3. The third kappa shape index (κ3) is 5.39. The van der Waals surface area contributed by atoms with Gasteiger partial charge in [0.15, 0.2) is 0 Å². The van der Waals surface area contributed by atoms with Crippen molar-refractivity contribution >= 4 is 11.8 Å². The van der Waals surface area contributed by atoms with Gasteiger partial charge in [0.2, 0.25) is 0 Å². The van der Waals surface area contributed by atoms with Crippen LogP contribution < -0.4 is 14.2 Å². The number of amides is 2. The van der Waals surface area contributed by atoms with Crippen LogP contribution in [0.4, 0.5) is 8.78 Å². The zero-order valence-electron chi connectivity index (χ0n) is 23.8. The summed E-state index contributed by atoms with van der Waals surface area (Å²) in [5.74, 6) is -0.233. The number of benzene rings is 3. The number of aromatic nitrogens is 1. The molecule has 218 valence electrons. The van der Waals surface area contributed by atoms with E-state index in [1.807, 2.05) is 12.1 Å². The van der Waals surface area contributed by atoms with E-state index in [0.29, 0.717) is 65.9 Å². The molecule has 3 aromatic carbocycles. The van der Waals surface area contributed by atoms with Crippen LogP contribution >= 0.6 is 0 Å². The summed E-state index contributed by atoms with van der Waals surface area (Å²) in [6, 6.07) is 17.3. The molecule has 8 nitrogen and oxygen atoms in total. The van der Waals surface area contributed by atoms with Crippen LogP contribution in [0.3, 0.4) is 0 Å². The van der Waals surface area contributed by atoms with E-state index in [2.05, 4.69) is 0 Å². The summed E-state index contributed by atoms with van der Waals surface area (Å²) < 4.78 is 46.3. The molecule has 0 aliphatic carbocycles. The van der Waals surface area contributed by atoms with Crippen LogP contribution in [-0.2, 0) is 0 Å². The number of piperazine rings is 1. The highest BCUT2D eigenvalue weighted by molar-refractivity contribution is 5.99. The topological polar surface area (TPSA) is 73.2 Å². The summed E-state index contributed by atoms with van der Waals surface area (Å²) in [7, 11) is 4.60. The van der Waals surface area contributed by atoms with Crippen LogP contribution in [0.2, 0.25) is 0 Å². The van der Waals surface area contributed by atoms with Gasteiger partial charge in [-0.3, -0.25) is 9.59 Å². The van der Waals surface area contributed by atoms with Gasteiger partial charge < -0.3 is 28.6 Å². The van der Waals surface area contributed by atoms with Crippen molar-refractivity contribution in [1.29, 1.82) is 0 Å². The van der Waals surface area contributed by atoms with Gasteiger partial charge in [0.25, 0.3) is 11.8 Å². The summed E-state index contributed by atoms with van der Waals surface area (Å²) in [4.78, 5) is 30.4. The molecular weight excluding hydrogens is 544 g/mol. The third-order valence-corrected chi connectivity index (χ3v) is 7.51. The van der Waals surface area contributed by atoms with E-state index >= 15 is 4.39 Å². The lowest BCUT2D eigenvalue weighted by molar-refractivity contribution is 0.0533. The third-order valence-electron chi connectivity index (χ3n) is 7.51. The predicted octanol–water partition coefficient (Wildman–Crippen LogP) is 5.35. The van der Waals surface area contributed by atoms with E-state index in [4.69, 9.17) is 14.2 Å². The second kappa shape index (κ2) is 11.9. The van der Waals surface area contributed by atoms with Crippen LogP contribution in [0.5, 0.6) is 17.2 Å². The standard InChI is InChI=1S/C32H31F2N3O5/c1-20-26(19-29(21-5-8-23(40-2)9-6-21)37(20)28-12-7-22(33)17-27(28)34)32(39)36-15-13-35(14-16-36)31(38)25-11-10-24(41-3)18-30(25)42-4/h5-12,17-19H,13-16H2,1-4H3. The molecule has 0 saturated carbocycles. The van der Waals surface area contributed by atoms with Gasteiger partial charge >= 0.3 is 0 Å². The van der Waals surface area contributed by atoms with Crippen molar-refractivity contribution in [3.63, 3.8) is 0 Å². The molecular formula is C32H31F2N3O5. The highest BCUT2D eigenvalue weighted by Gasteiger charge is 2.30. The highest BCUT2D eigenvalue weighted by Crippen LogP contribution is 2.33. The Hall–Kier alpha value is -4.86. The number of carbonyl (C=O) groups is 2. The lowest BCUT2D eigenvalue weighted by atomic mass is 10.1. The van der Waals surface area contributed by atoms with Crippen LogP contribution in [0.25, 0.3) is 16.9 Å². The second-order valence-electron chi connectivity index (χ2n) is 9.84. The molecule has 1 aromatic heterocycles. The van der Waals surface area contributed by atoms with E-state index < -0.39 is 11.6 Å². The Bertz CT molecular complexity index is 1630. The summed E-state index contributed by atoms with van der Waals surface area (Å²) >= 11 is 0. The van der Waals surface area contributed by atoms with Gasteiger partial charge in [-0.2, -0.15) is 0 Å². The minimum Gasteiger partial charge on any atom is -0.497 e. The van der Waals surface area contributed by atoms with Gasteiger partial charge in [0.1, 0.15) is 28.9 Å². The van der Waals surface area contributed by atoms with Crippen molar-refractivity contribution in [1.82, 2.24) is 14.4 Å². The SMILES string of the molecule is COc1ccc(-c2cc(C(=O)N3CCN(C(=O)c4ccc(OC)cc4OC)CC3)c(C)n2-c2ccc(F)cc2F)cc1. The number of halogens is 2. The Kier molecular flexibility index (Phi) is 8.15. The van der Waals surface area contributed by atoms with Crippen LogP contribution in [0.15, 0.2) is 66.7 Å². The van der Waals surface area contributed by atoms with Gasteiger partial charge in [-0.05, 0) is 67.1 Å². The first-order valence-electron chi connectivity index (χ1n) is 13.4. The maximum absolute atomic E-state index is 15.0. The second-order valence-corrected chi connectivity index (χ2v) is 9.84. The number of hydrogen-bond donors (Lipinski definition) is 0. The number of ether oxygens (including phenoxy) is 3. The fourth-order valence-electron chi connectivity index (χ4n) is 5.20. The molecule has 0 N–H and O–H groups in total. The quantitative estimate of drug-likeness (QED) is 0.297. The Balaban J connectivity index is 1.42.